The van der Waals surface area contributed by atoms with E-state index in [1.54, 1.807) is 11.8 Å². The zero-order chi connectivity index (χ0) is 23.3. The van der Waals surface area contributed by atoms with Crippen molar-refractivity contribution in [1.82, 2.24) is 19.7 Å². The first-order valence-electron chi connectivity index (χ1n) is 10.3. The number of hydrogen-bond acceptors (Lipinski definition) is 5. The van der Waals surface area contributed by atoms with Crippen LogP contribution in [0.3, 0.4) is 0 Å². The van der Waals surface area contributed by atoms with Crippen molar-refractivity contribution in [2.75, 3.05) is 29.9 Å². The standard InChI is InChI=1S/C23H19F3N6O/c1-14-17(13-27-32(14)16-7-5-6-15(12-16)23(24,25)26)22(33)31-11-10-30(2)20-21(31)29-19-9-4-3-8-18(19)28-20/h3-9,12-13H,10-11H2,1-2H3. The molecule has 0 unspecified atom stereocenters. The van der Waals surface area contributed by atoms with E-state index < -0.39 is 11.7 Å². The van der Waals surface area contributed by atoms with Crippen LogP contribution < -0.4 is 9.80 Å². The van der Waals surface area contributed by atoms with Crippen LogP contribution in [-0.2, 0) is 6.18 Å². The Balaban J connectivity index is 1.54. The van der Waals surface area contributed by atoms with Crippen molar-refractivity contribution in [1.29, 1.82) is 0 Å². The fraction of sp³-hybridized carbons (Fsp3) is 0.217. The normalized spacial score (nSPS) is 14.0. The number of carbonyl (C=O) groups excluding carboxylic acids is 1. The van der Waals surface area contributed by atoms with Gasteiger partial charge in [-0.1, -0.05) is 18.2 Å². The summed E-state index contributed by atoms with van der Waals surface area (Å²) in [5, 5.41) is 4.20. The highest BCUT2D eigenvalue weighted by atomic mass is 19.4. The zero-order valence-corrected chi connectivity index (χ0v) is 17.8. The average molecular weight is 452 g/mol. The predicted molar refractivity (Wildman–Crippen MR) is 118 cm³/mol. The van der Waals surface area contributed by atoms with Gasteiger partial charge in [0.1, 0.15) is 0 Å². The molecule has 33 heavy (non-hydrogen) atoms. The number of fused-ring (bicyclic) bond motifs is 2. The number of benzene rings is 2. The molecule has 0 saturated carbocycles. The van der Waals surface area contributed by atoms with Crippen molar-refractivity contribution >= 4 is 28.6 Å². The molecule has 1 aliphatic rings. The average Bonchev–Trinajstić information content (AvgIpc) is 3.19. The molecule has 0 bridgehead atoms. The van der Waals surface area contributed by atoms with Crippen LogP contribution in [0.2, 0.25) is 0 Å². The van der Waals surface area contributed by atoms with Crippen LogP contribution in [0.4, 0.5) is 24.8 Å². The summed E-state index contributed by atoms with van der Waals surface area (Å²) in [6, 6.07) is 12.3. The topological polar surface area (TPSA) is 67.2 Å². The van der Waals surface area contributed by atoms with Crippen LogP contribution in [0, 0.1) is 6.92 Å². The second-order valence-electron chi connectivity index (χ2n) is 7.84. The fourth-order valence-electron chi connectivity index (χ4n) is 3.92. The lowest BCUT2D eigenvalue weighted by molar-refractivity contribution is -0.137. The molecule has 1 amide bonds. The van der Waals surface area contributed by atoms with Gasteiger partial charge in [0.25, 0.3) is 5.91 Å². The van der Waals surface area contributed by atoms with E-state index in [0.29, 0.717) is 35.9 Å². The van der Waals surface area contributed by atoms with Gasteiger partial charge in [0, 0.05) is 20.1 Å². The first-order chi connectivity index (χ1) is 15.7. The van der Waals surface area contributed by atoms with Crippen LogP contribution in [-0.4, -0.2) is 45.8 Å². The van der Waals surface area contributed by atoms with Crippen molar-refractivity contribution in [3.8, 4) is 5.69 Å². The number of rotatable bonds is 2. The Labute approximate surface area is 187 Å². The number of alkyl halides is 3. The molecule has 0 saturated heterocycles. The third-order valence-corrected chi connectivity index (χ3v) is 5.71. The highest BCUT2D eigenvalue weighted by molar-refractivity contribution is 6.08. The largest absolute Gasteiger partial charge is 0.416 e. The second kappa shape index (κ2) is 7.58. The highest BCUT2D eigenvalue weighted by Crippen LogP contribution is 2.33. The molecule has 0 N–H and O–H groups in total. The number of nitrogens with zero attached hydrogens (tertiary/aromatic N) is 6. The Morgan fingerprint density at radius 3 is 2.36 bits per heavy atom. The first-order valence-corrected chi connectivity index (χ1v) is 10.3. The maximum Gasteiger partial charge on any atom is 0.416 e. The van der Waals surface area contributed by atoms with Crippen molar-refractivity contribution in [2.45, 2.75) is 13.1 Å². The number of para-hydroxylation sites is 2. The maximum absolute atomic E-state index is 13.5. The number of aromatic nitrogens is 4. The van der Waals surface area contributed by atoms with Gasteiger partial charge in [-0.25, -0.2) is 14.6 Å². The van der Waals surface area contributed by atoms with Crippen molar-refractivity contribution in [3.63, 3.8) is 0 Å². The molecule has 0 atom stereocenters. The summed E-state index contributed by atoms with van der Waals surface area (Å²) in [6.07, 6.45) is -3.09. The van der Waals surface area contributed by atoms with Crippen LogP contribution in [0.5, 0.6) is 0 Å². The summed E-state index contributed by atoms with van der Waals surface area (Å²) < 4.78 is 40.7. The molecule has 0 fully saturated rings. The predicted octanol–water partition coefficient (Wildman–Crippen LogP) is 4.24. The van der Waals surface area contributed by atoms with Crippen LogP contribution in [0.25, 0.3) is 16.7 Å². The molecule has 2 aromatic carbocycles. The van der Waals surface area contributed by atoms with Crippen molar-refractivity contribution in [3.05, 3.63) is 71.5 Å². The van der Waals surface area contributed by atoms with E-state index in [0.717, 1.165) is 17.6 Å². The summed E-state index contributed by atoms with van der Waals surface area (Å²) in [4.78, 5) is 26.3. The zero-order valence-electron chi connectivity index (χ0n) is 17.8. The minimum absolute atomic E-state index is 0.228. The van der Waals surface area contributed by atoms with Gasteiger partial charge in [-0.3, -0.25) is 9.69 Å². The van der Waals surface area contributed by atoms with Crippen LogP contribution in [0.1, 0.15) is 21.6 Å². The van der Waals surface area contributed by atoms with Crippen molar-refractivity contribution < 1.29 is 18.0 Å². The van der Waals surface area contributed by atoms with Crippen LogP contribution >= 0.6 is 0 Å². The minimum atomic E-state index is -4.47. The number of anilines is 2. The van der Waals surface area contributed by atoms with Gasteiger partial charge in [0.05, 0.1) is 39.7 Å². The third kappa shape index (κ3) is 3.57. The number of carbonyl (C=O) groups is 1. The van der Waals surface area contributed by atoms with Gasteiger partial charge < -0.3 is 4.90 Å². The third-order valence-electron chi connectivity index (χ3n) is 5.71. The Morgan fingerprint density at radius 2 is 1.67 bits per heavy atom. The smallest absolute Gasteiger partial charge is 0.355 e. The monoisotopic (exact) mass is 452 g/mol. The second-order valence-corrected chi connectivity index (χ2v) is 7.84. The number of likely N-dealkylation sites (N-methyl/N-ethyl adjacent to an activating group) is 1. The number of halogens is 3. The van der Waals surface area contributed by atoms with Gasteiger partial charge in [-0.2, -0.15) is 18.3 Å². The molecule has 4 aromatic rings. The Kier molecular flexibility index (Phi) is 4.80. The summed E-state index contributed by atoms with van der Waals surface area (Å²) in [5.41, 5.74) is 1.57. The molecule has 0 radical (unpaired) electrons. The Hall–Kier alpha value is -3.95. The molecular formula is C23H19F3N6O. The maximum atomic E-state index is 13.5. The van der Waals surface area contributed by atoms with E-state index in [2.05, 4.69) is 15.1 Å². The quantitative estimate of drug-likeness (QED) is 0.455. The highest BCUT2D eigenvalue weighted by Gasteiger charge is 2.32. The number of amides is 1. The van der Waals surface area contributed by atoms with E-state index >= 15 is 0 Å². The van der Waals surface area contributed by atoms with Crippen LogP contribution in [0.15, 0.2) is 54.7 Å². The van der Waals surface area contributed by atoms with Gasteiger partial charge in [-0.05, 0) is 37.3 Å². The molecule has 3 heterocycles. The SMILES string of the molecule is Cc1c(C(=O)N2CCN(C)c3nc4ccccc4nc32)cnn1-c1cccc(C(F)(F)F)c1. The molecule has 0 spiro atoms. The molecule has 10 heteroatoms. The van der Waals surface area contributed by atoms with Gasteiger partial charge >= 0.3 is 6.18 Å². The summed E-state index contributed by atoms with van der Waals surface area (Å²) in [7, 11) is 1.89. The Morgan fingerprint density at radius 1 is 0.970 bits per heavy atom. The molecule has 168 valence electrons. The first kappa shape index (κ1) is 20.9. The summed E-state index contributed by atoms with van der Waals surface area (Å²) >= 11 is 0. The lowest BCUT2D eigenvalue weighted by Gasteiger charge is -2.33. The fourth-order valence-corrected chi connectivity index (χ4v) is 3.92. The van der Waals surface area contributed by atoms with Crippen molar-refractivity contribution in [2.24, 2.45) is 0 Å². The van der Waals surface area contributed by atoms with Gasteiger partial charge in [-0.15, -0.1) is 0 Å². The molecular weight excluding hydrogens is 433 g/mol. The van der Waals surface area contributed by atoms with E-state index in [1.807, 2.05) is 36.2 Å². The number of hydrogen-bond donors (Lipinski definition) is 0. The van der Waals surface area contributed by atoms with E-state index in [1.165, 1.54) is 23.0 Å². The van der Waals surface area contributed by atoms with Gasteiger partial charge in [0.15, 0.2) is 11.6 Å². The lowest BCUT2D eigenvalue weighted by atomic mass is 10.1. The minimum Gasteiger partial charge on any atom is -0.355 e. The van der Waals surface area contributed by atoms with Gasteiger partial charge in [0.2, 0.25) is 0 Å². The van der Waals surface area contributed by atoms with E-state index in [9.17, 15) is 18.0 Å². The molecule has 7 nitrogen and oxygen atoms in total. The summed E-state index contributed by atoms with van der Waals surface area (Å²) in [5.74, 6) is 0.708. The van der Waals surface area contributed by atoms with E-state index in [4.69, 9.17) is 0 Å². The summed E-state index contributed by atoms with van der Waals surface area (Å²) in [6.45, 7) is 2.61. The molecule has 5 rings (SSSR count). The van der Waals surface area contributed by atoms with E-state index in [-0.39, 0.29) is 17.2 Å². The molecule has 1 aliphatic heterocycles. The molecule has 0 aliphatic carbocycles. The lowest BCUT2D eigenvalue weighted by Crippen LogP contribution is -2.44. The molecule has 2 aromatic heterocycles. The Bertz CT molecular complexity index is 1380.